The molecule has 0 radical (unpaired) electrons. The van der Waals surface area contributed by atoms with Crippen LogP contribution in [-0.2, 0) is 17.6 Å². The van der Waals surface area contributed by atoms with E-state index in [9.17, 15) is 0 Å². The zero-order valence-electron chi connectivity index (χ0n) is 12.8. The van der Waals surface area contributed by atoms with Crippen LogP contribution in [0.1, 0.15) is 43.9 Å². The van der Waals surface area contributed by atoms with Gasteiger partial charge in [-0.1, -0.05) is 38.0 Å². The first-order valence-electron chi connectivity index (χ1n) is 8.07. The third-order valence-electron chi connectivity index (χ3n) is 4.36. The van der Waals surface area contributed by atoms with E-state index in [-0.39, 0.29) is 0 Å². The Labute approximate surface area is 126 Å². The van der Waals surface area contributed by atoms with E-state index >= 15 is 0 Å². The summed E-state index contributed by atoms with van der Waals surface area (Å²) in [5.74, 6) is 0. The maximum absolute atomic E-state index is 6.38. The minimum atomic E-state index is 0.305. The van der Waals surface area contributed by atoms with Crippen molar-refractivity contribution >= 4 is 16.6 Å². The van der Waals surface area contributed by atoms with Gasteiger partial charge >= 0.3 is 0 Å². The summed E-state index contributed by atoms with van der Waals surface area (Å²) >= 11 is 0. The molecule has 3 nitrogen and oxygen atoms in total. The van der Waals surface area contributed by atoms with Gasteiger partial charge in [-0.05, 0) is 30.9 Å². The maximum atomic E-state index is 6.38. The average molecular weight is 284 g/mol. The van der Waals surface area contributed by atoms with E-state index < -0.39 is 0 Å². The van der Waals surface area contributed by atoms with E-state index in [1.165, 1.54) is 24.1 Å². The van der Waals surface area contributed by atoms with Crippen LogP contribution < -0.4 is 5.73 Å². The molecule has 1 atom stereocenters. The van der Waals surface area contributed by atoms with Gasteiger partial charge in [-0.3, -0.25) is 4.98 Å². The number of rotatable bonds is 5. The number of hydrogen-bond acceptors (Lipinski definition) is 3. The highest BCUT2D eigenvalue weighted by Crippen LogP contribution is 2.31. The van der Waals surface area contributed by atoms with Crippen molar-refractivity contribution < 1.29 is 4.74 Å². The molecule has 21 heavy (non-hydrogen) atoms. The largest absolute Gasteiger partial charge is 0.398 e. The first kappa shape index (κ1) is 14.3. The monoisotopic (exact) mass is 284 g/mol. The van der Waals surface area contributed by atoms with Crippen LogP contribution in [0, 0.1) is 0 Å². The number of para-hydroxylation sites is 1. The Morgan fingerprint density at radius 3 is 3.00 bits per heavy atom. The number of nitrogens with zero attached hydrogens (tertiary/aromatic N) is 1. The number of anilines is 1. The van der Waals surface area contributed by atoms with Gasteiger partial charge in [0.25, 0.3) is 0 Å². The van der Waals surface area contributed by atoms with Crippen molar-refractivity contribution in [3.8, 4) is 0 Å². The molecule has 0 bridgehead atoms. The summed E-state index contributed by atoms with van der Waals surface area (Å²) < 4.78 is 6.03. The molecule has 0 fully saturated rings. The van der Waals surface area contributed by atoms with Crippen molar-refractivity contribution in [1.29, 1.82) is 0 Å². The fraction of sp³-hybridized carbons (Fsp3) is 0.500. The lowest BCUT2D eigenvalue weighted by Gasteiger charge is -2.26. The van der Waals surface area contributed by atoms with Crippen molar-refractivity contribution in [2.75, 3.05) is 12.3 Å². The standard InChI is InChI=1S/C18H24N2O/c1-2-3-6-11-21-13-9-10-17-15(12-13)18(19)14-7-4-5-8-16(14)20-17/h4-5,7-8,13H,2-3,6,9-12H2,1H3,(H2,19,20). The summed E-state index contributed by atoms with van der Waals surface area (Å²) in [6.07, 6.45) is 6.89. The van der Waals surface area contributed by atoms with Gasteiger partial charge in [0.2, 0.25) is 0 Å². The minimum Gasteiger partial charge on any atom is -0.398 e. The van der Waals surface area contributed by atoms with E-state index in [1.54, 1.807) is 0 Å². The normalized spacial score (nSPS) is 17.9. The molecule has 0 amide bonds. The van der Waals surface area contributed by atoms with Crippen LogP contribution in [0.4, 0.5) is 5.69 Å². The fourth-order valence-corrected chi connectivity index (χ4v) is 3.14. The van der Waals surface area contributed by atoms with Crippen LogP contribution in [0.2, 0.25) is 0 Å². The van der Waals surface area contributed by atoms with E-state index in [4.69, 9.17) is 15.5 Å². The molecule has 1 aliphatic carbocycles. The number of unbranched alkanes of at least 4 members (excludes halogenated alkanes) is 2. The maximum Gasteiger partial charge on any atom is 0.0726 e. The Morgan fingerprint density at radius 2 is 2.14 bits per heavy atom. The quantitative estimate of drug-likeness (QED) is 0.848. The first-order chi connectivity index (χ1) is 10.3. The van der Waals surface area contributed by atoms with Crippen molar-refractivity contribution in [3.05, 3.63) is 35.5 Å². The van der Waals surface area contributed by atoms with Gasteiger partial charge in [-0.25, -0.2) is 0 Å². The predicted octanol–water partition coefficient (Wildman–Crippen LogP) is 3.88. The highest BCUT2D eigenvalue weighted by atomic mass is 16.5. The lowest BCUT2D eigenvalue weighted by molar-refractivity contribution is 0.0416. The Morgan fingerprint density at radius 1 is 1.29 bits per heavy atom. The van der Waals surface area contributed by atoms with E-state index in [2.05, 4.69) is 13.0 Å². The first-order valence-corrected chi connectivity index (χ1v) is 8.07. The molecule has 1 heterocycles. The van der Waals surface area contributed by atoms with E-state index in [0.717, 1.165) is 48.9 Å². The number of nitrogen functional groups attached to an aromatic ring is 1. The molecule has 0 saturated carbocycles. The number of aryl methyl sites for hydroxylation is 1. The number of benzene rings is 1. The highest BCUT2D eigenvalue weighted by Gasteiger charge is 2.23. The van der Waals surface area contributed by atoms with Crippen molar-refractivity contribution in [3.63, 3.8) is 0 Å². The second kappa shape index (κ2) is 6.44. The SMILES string of the molecule is CCCCCOC1CCc2nc3ccccc3c(N)c2C1. The van der Waals surface area contributed by atoms with Gasteiger partial charge in [-0.15, -0.1) is 0 Å². The molecule has 112 valence electrons. The molecule has 0 aliphatic heterocycles. The third-order valence-corrected chi connectivity index (χ3v) is 4.36. The molecule has 1 aromatic heterocycles. The van der Waals surface area contributed by atoms with Gasteiger partial charge in [0.05, 0.1) is 11.6 Å². The van der Waals surface area contributed by atoms with Crippen LogP contribution in [0.15, 0.2) is 24.3 Å². The third kappa shape index (κ3) is 3.03. The topological polar surface area (TPSA) is 48.1 Å². The number of ether oxygens (including phenoxy) is 1. The van der Waals surface area contributed by atoms with Crippen molar-refractivity contribution in [2.45, 2.75) is 51.6 Å². The van der Waals surface area contributed by atoms with Crippen LogP contribution in [0.5, 0.6) is 0 Å². The molecule has 0 spiro atoms. The number of fused-ring (bicyclic) bond motifs is 2. The molecule has 1 aromatic carbocycles. The summed E-state index contributed by atoms with van der Waals surface area (Å²) in [6, 6.07) is 8.14. The lowest BCUT2D eigenvalue weighted by atomic mass is 9.91. The van der Waals surface area contributed by atoms with Gasteiger partial charge in [0.1, 0.15) is 0 Å². The lowest BCUT2D eigenvalue weighted by Crippen LogP contribution is -2.25. The molecular weight excluding hydrogens is 260 g/mol. The van der Waals surface area contributed by atoms with E-state index in [1.807, 2.05) is 18.2 Å². The Hall–Kier alpha value is -1.61. The predicted molar refractivity (Wildman–Crippen MR) is 87.4 cm³/mol. The van der Waals surface area contributed by atoms with Gasteiger partial charge in [0.15, 0.2) is 0 Å². The van der Waals surface area contributed by atoms with Crippen LogP contribution in [0.3, 0.4) is 0 Å². The molecule has 1 unspecified atom stereocenters. The highest BCUT2D eigenvalue weighted by molar-refractivity contribution is 5.92. The summed E-state index contributed by atoms with van der Waals surface area (Å²) in [4.78, 5) is 4.79. The molecule has 3 rings (SSSR count). The fourth-order valence-electron chi connectivity index (χ4n) is 3.14. The van der Waals surface area contributed by atoms with E-state index in [0.29, 0.717) is 6.10 Å². The van der Waals surface area contributed by atoms with Crippen LogP contribution >= 0.6 is 0 Å². The summed E-state index contributed by atoms with van der Waals surface area (Å²) in [6.45, 7) is 3.09. The Bertz CT molecular complexity index is 624. The second-order valence-electron chi connectivity index (χ2n) is 5.91. The number of hydrogen-bond donors (Lipinski definition) is 1. The summed E-state index contributed by atoms with van der Waals surface area (Å²) in [5, 5.41) is 1.07. The smallest absolute Gasteiger partial charge is 0.0726 e. The molecule has 2 aromatic rings. The Balaban J connectivity index is 1.77. The zero-order chi connectivity index (χ0) is 14.7. The van der Waals surface area contributed by atoms with Crippen LogP contribution in [0.25, 0.3) is 10.9 Å². The minimum absolute atomic E-state index is 0.305. The van der Waals surface area contributed by atoms with Crippen molar-refractivity contribution in [2.24, 2.45) is 0 Å². The summed E-state index contributed by atoms with van der Waals surface area (Å²) in [7, 11) is 0. The van der Waals surface area contributed by atoms with Gasteiger partial charge < -0.3 is 10.5 Å². The van der Waals surface area contributed by atoms with Crippen molar-refractivity contribution in [1.82, 2.24) is 4.98 Å². The molecule has 1 aliphatic rings. The molecule has 0 saturated heterocycles. The second-order valence-corrected chi connectivity index (χ2v) is 5.91. The number of pyridine rings is 1. The van der Waals surface area contributed by atoms with Gasteiger partial charge in [0, 0.05) is 29.8 Å². The molecular formula is C18H24N2O. The zero-order valence-corrected chi connectivity index (χ0v) is 12.8. The molecule has 3 heteroatoms. The summed E-state index contributed by atoms with van der Waals surface area (Å²) in [5.41, 5.74) is 10.7. The van der Waals surface area contributed by atoms with Crippen LogP contribution in [-0.4, -0.2) is 17.7 Å². The average Bonchev–Trinajstić information content (AvgIpc) is 2.52. The number of aromatic nitrogens is 1. The Kier molecular flexibility index (Phi) is 4.39. The number of nitrogens with two attached hydrogens (primary N) is 1. The van der Waals surface area contributed by atoms with Gasteiger partial charge in [-0.2, -0.15) is 0 Å². The molecule has 2 N–H and O–H groups in total.